The molecule has 1 saturated heterocycles. The number of aromatic nitrogens is 2. The lowest BCUT2D eigenvalue weighted by atomic mass is 9.99. The first kappa shape index (κ1) is 20.3. The number of methoxy groups -OCH3 is 1. The molecule has 8 nitrogen and oxygen atoms in total. The highest BCUT2D eigenvalue weighted by Gasteiger charge is 2.51. The summed E-state index contributed by atoms with van der Waals surface area (Å²) in [5.41, 5.74) is 8.17. The zero-order chi connectivity index (χ0) is 20.5. The van der Waals surface area contributed by atoms with E-state index in [9.17, 15) is 9.90 Å². The lowest BCUT2D eigenvalue weighted by Gasteiger charge is -2.46. The van der Waals surface area contributed by atoms with Crippen LogP contribution in [0.15, 0.2) is 24.4 Å². The molecule has 2 unspecified atom stereocenters. The van der Waals surface area contributed by atoms with E-state index in [2.05, 4.69) is 30.7 Å². The smallest absolute Gasteiger partial charge is 0.407 e. The second-order valence-electron chi connectivity index (χ2n) is 8.30. The van der Waals surface area contributed by atoms with E-state index in [0.29, 0.717) is 30.0 Å². The number of hydrogen-bond acceptors (Lipinski definition) is 5. The van der Waals surface area contributed by atoms with Gasteiger partial charge in [-0.05, 0) is 26.8 Å². The van der Waals surface area contributed by atoms with Crippen molar-refractivity contribution >= 4 is 22.8 Å². The Kier molecular flexibility index (Phi) is 5.45. The van der Waals surface area contributed by atoms with E-state index in [0.717, 1.165) is 29.7 Å². The molecule has 2 atom stereocenters. The lowest BCUT2D eigenvalue weighted by Crippen LogP contribution is -2.61. The number of fused-ring (bicyclic) bond motifs is 1. The summed E-state index contributed by atoms with van der Waals surface area (Å²) < 4.78 is 5.97. The molecule has 2 aromatic heterocycles. The summed E-state index contributed by atoms with van der Waals surface area (Å²) in [7, 11) is 1.60. The van der Waals surface area contributed by atoms with Crippen LogP contribution in [0.2, 0.25) is 0 Å². The first-order valence-corrected chi connectivity index (χ1v) is 9.60. The molecule has 2 aromatic rings. The maximum Gasteiger partial charge on any atom is 0.407 e. The third-order valence-corrected chi connectivity index (χ3v) is 5.91. The predicted octanol–water partition coefficient (Wildman–Crippen LogP) is 2.46. The molecule has 0 radical (unpaired) electrons. The summed E-state index contributed by atoms with van der Waals surface area (Å²) in [5.74, 6) is 0.542. The van der Waals surface area contributed by atoms with Crippen LogP contribution in [0.1, 0.15) is 27.2 Å². The number of quaternary nitrogens is 1. The molecule has 3 N–H and O–H groups in total. The minimum absolute atomic E-state index is 0.0888. The summed E-state index contributed by atoms with van der Waals surface area (Å²) in [6.45, 7) is 8.72. The number of likely N-dealkylation sites (tertiary alicyclic amines) is 1. The van der Waals surface area contributed by atoms with Gasteiger partial charge in [-0.15, -0.1) is 0 Å². The number of carbonyl (C=O) groups is 1. The minimum Gasteiger partial charge on any atom is -0.481 e. The summed E-state index contributed by atoms with van der Waals surface area (Å²) in [6, 6.07) is 5.64. The van der Waals surface area contributed by atoms with Crippen molar-refractivity contribution in [2.24, 2.45) is 5.73 Å². The largest absolute Gasteiger partial charge is 0.481 e. The highest BCUT2D eigenvalue weighted by molar-refractivity contribution is 5.87. The van der Waals surface area contributed by atoms with Crippen molar-refractivity contribution in [3.63, 3.8) is 0 Å². The van der Waals surface area contributed by atoms with Crippen LogP contribution in [0.5, 0.6) is 5.88 Å². The first-order valence-electron chi connectivity index (χ1n) is 9.60. The van der Waals surface area contributed by atoms with Crippen LogP contribution in [0, 0.1) is 0 Å². The fourth-order valence-electron chi connectivity index (χ4n) is 4.38. The Balaban J connectivity index is 2.13. The highest BCUT2D eigenvalue weighted by atomic mass is 16.5. The molecule has 1 amide bonds. The molecule has 1 fully saturated rings. The van der Waals surface area contributed by atoms with Crippen LogP contribution in [0.4, 0.5) is 10.5 Å². The van der Waals surface area contributed by atoms with E-state index in [1.807, 2.05) is 12.1 Å². The monoisotopic (exact) mass is 388 g/mol. The number of pyridine rings is 2. The van der Waals surface area contributed by atoms with Crippen molar-refractivity contribution in [1.82, 2.24) is 19.4 Å². The van der Waals surface area contributed by atoms with E-state index >= 15 is 0 Å². The van der Waals surface area contributed by atoms with Crippen molar-refractivity contribution in [2.75, 3.05) is 33.3 Å². The number of nitrogens with two attached hydrogens (primary N) is 1. The average Bonchev–Trinajstić information content (AvgIpc) is 3.11. The van der Waals surface area contributed by atoms with E-state index in [-0.39, 0.29) is 11.6 Å². The van der Waals surface area contributed by atoms with Gasteiger partial charge in [0.2, 0.25) is 5.88 Å². The number of nitrogens with zero attached hydrogens (tertiary/aromatic N) is 4. The zero-order valence-corrected chi connectivity index (χ0v) is 17.1. The van der Waals surface area contributed by atoms with Crippen LogP contribution in [-0.4, -0.2) is 70.9 Å². The second-order valence-corrected chi connectivity index (χ2v) is 8.30. The van der Waals surface area contributed by atoms with Gasteiger partial charge in [0.15, 0.2) is 11.2 Å². The normalized spacial score (nSPS) is 22.4. The Morgan fingerprint density at radius 2 is 2.14 bits per heavy atom. The second kappa shape index (κ2) is 7.52. The van der Waals surface area contributed by atoms with Gasteiger partial charge in [0.1, 0.15) is 6.54 Å². The van der Waals surface area contributed by atoms with Crippen molar-refractivity contribution in [2.45, 2.75) is 38.8 Å². The van der Waals surface area contributed by atoms with Crippen molar-refractivity contribution in [1.29, 1.82) is 0 Å². The lowest BCUT2D eigenvalue weighted by molar-refractivity contribution is 0.117. The molecule has 152 valence electrons. The van der Waals surface area contributed by atoms with Gasteiger partial charge in [-0.2, -0.15) is 0 Å². The minimum atomic E-state index is -0.913. The van der Waals surface area contributed by atoms with Gasteiger partial charge >= 0.3 is 6.09 Å². The number of ether oxygens (including phenoxy) is 1. The van der Waals surface area contributed by atoms with Crippen molar-refractivity contribution in [3.8, 4) is 5.88 Å². The molecule has 28 heavy (non-hydrogen) atoms. The van der Waals surface area contributed by atoms with Crippen LogP contribution in [0.25, 0.3) is 11.0 Å². The van der Waals surface area contributed by atoms with Gasteiger partial charge in [-0.25, -0.2) is 9.78 Å². The Labute approximate surface area is 165 Å². The number of rotatable bonds is 5. The van der Waals surface area contributed by atoms with Gasteiger partial charge < -0.3 is 15.6 Å². The third-order valence-electron chi connectivity index (χ3n) is 5.91. The van der Waals surface area contributed by atoms with Crippen LogP contribution in [0.3, 0.4) is 0 Å². The Morgan fingerprint density at radius 3 is 2.75 bits per heavy atom. The van der Waals surface area contributed by atoms with Gasteiger partial charge in [-0.1, -0.05) is 0 Å². The highest BCUT2D eigenvalue weighted by Crippen LogP contribution is 2.42. The van der Waals surface area contributed by atoms with Gasteiger partial charge in [0, 0.05) is 37.8 Å². The molecular formula is C20H30N5O3+. The van der Waals surface area contributed by atoms with Crippen molar-refractivity contribution < 1.29 is 14.6 Å². The van der Waals surface area contributed by atoms with Gasteiger partial charge in [-0.3, -0.25) is 14.4 Å². The zero-order valence-electron chi connectivity index (χ0n) is 17.1. The van der Waals surface area contributed by atoms with Crippen LogP contribution in [-0.2, 0) is 0 Å². The molecule has 0 aromatic carbocycles. The molecule has 0 saturated carbocycles. The molecule has 1 aliphatic heterocycles. The number of amides is 1. The number of carboxylic acid groups (broad SMARTS) is 1. The van der Waals surface area contributed by atoms with Crippen LogP contribution >= 0.6 is 0 Å². The van der Waals surface area contributed by atoms with E-state index < -0.39 is 6.09 Å². The Hall–Kier alpha value is -2.45. The quantitative estimate of drug-likeness (QED) is 0.763. The number of hydrogen-bond donors (Lipinski definition) is 2. The van der Waals surface area contributed by atoms with Gasteiger partial charge in [0.25, 0.3) is 0 Å². The Bertz CT molecular complexity index is 867. The fourth-order valence-corrected chi connectivity index (χ4v) is 4.38. The molecule has 8 heteroatoms. The molecule has 3 rings (SSSR count). The molecular weight excluding hydrogens is 358 g/mol. The fraction of sp³-hybridized carbons (Fsp3) is 0.550. The van der Waals surface area contributed by atoms with E-state index in [1.54, 1.807) is 19.4 Å². The van der Waals surface area contributed by atoms with E-state index in [4.69, 9.17) is 10.5 Å². The average molecular weight is 388 g/mol. The molecule has 1 aliphatic rings. The molecule has 3 heterocycles. The molecule has 0 aliphatic carbocycles. The summed E-state index contributed by atoms with van der Waals surface area (Å²) in [6.07, 6.45) is 1.67. The maximum atomic E-state index is 11.8. The summed E-state index contributed by atoms with van der Waals surface area (Å²) in [4.78, 5) is 22.4. The predicted molar refractivity (Wildman–Crippen MR) is 110 cm³/mol. The van der Waals surface area contributed by atoms with Crippen molar-refractivity contribution in [3.05, 3.63) is 24.4 Å². The Morgan fingerprint density at radius 1 is 1.39 bits per heavy atom. The van der Waals surface area contributed by atoms with Gasteiger partial charge in [0.05, 0.1) is 30.8 Å². The third kappa shape index (κ3) is 3.38. The summed E-state index contributed by atoms with van der Waals surface area (Å²) in [5, 5.41) is 9.67. The summed E-state index contributed by atoms with van der Waals surface area (Å²) >= 11 is 0. The standard InChI is InChI=1S/C20H29N5O3/c1-20(2,3)25(12-8-14(13-25)24(11-9-21)19(26)27)16-7-10-22-15-5-6-17(28-4)23-18(15)16/h5-7,10,14H,8-9,11-13,21H2,1-4H3/p+1. The maximum absolute atomic E-state index is 11.8. The molecule has 0 bridgehead atoms. The van der Waals surface area contributed by atoms with Crippen LogP contribution < -0.4 is 15.0 Å². The molecule has 0 spiro atoms. The topological polar surface area (TPSA) is 102 Å². The van der Waals surface area contributed by atoms with E-state index in [1.165, 1.54) is 4.90 Å². The first-order chi connectivity index (χ1) is 13.2. The SMILES string of the molecule is COc1ccc2nccc([N+]3(C(C)(C)C)CCC(N(CCN)C(=O)O)C3)c2n1.